The van der Waals surface area contributed by atoms with E-state index in [1.807, 2.05) is 31.2 Å². The van der Waals surface area contributed by atoms with E-state index >= 15 is 0 Å². The first-order chi connectivity index (χ1) is 14.0. The van der Waals surface area contributed by atoms with E-state index in [1.165, 1.54) is 22.8 Å². The highest BCUT2D eigenvalue weighted by Gasteiger charge is 2.15. The molecule has 0 radical (unpaired) electrons. The fourth-order valence-corrected chi connectivity index (χ4v) is 3.71. The third-order valence-corrected chi connectivity index (χ3v) is 5.15. The fraction of sp³-hybridized carbons (Fsp3) is 0.320. The molecule has 4 heteroatoms. The summed E-state index contributed by atoms with van der Waals surface area (Å²) in [7, 11) is 0. The van der Waals surface area contributed by atoms with Gasteiger partial charge in [0, 0.05) is 19.6 Å². The van der Waals surface area contributed by atoms with Gasteiger partial charge in [-0.05, 0) is 53.7 Å². The van der Waals surface area contributed by atoms with Crippen molar-refractivity contribution in [1.29, 1.82) is 0 Å². The lowest BCUT2D eigenvalue weighted by molar-refractivity contribution is -0.117. The van der Waals surface area contributed by atoms with Gasteiger partial charge in [-0.3, -0.25) is 9.69 Å². The van der Waals surface area contributed by atoms with Gasteiger partial charge in [-0.25, -0.2) is 0 Å². The third-order valence-electron chi connectivity index (χ3n) is 5.15. The highest BCUT2D eigenvalue weighted by Crippen LogP contribution is 2.29. The molecule has 0 amide bonds. The first kappa shape index (κ1) is 21.2. The van der Waals surface area contributed by atoms with E-state index in [9.17, 15) is 9.90 Å². The first-order valence-corrected chi connectivity index (χ1v) is 10.1. The lowest BCUT2D eigenvalue weighted by Crippen LogP contribution is -2.31. The number of hydrogen-bond acceptors (Lipinski definition) is 4. The maximum Gasteiger partial charge on any atom is 0.181 e. The predicted octanol–water partition coefficient (Wildman–Crippen LogP) is 3.47. The van der Waals surface area contributed by atoms with Crippen LogP contribution in [0.1, 0.15) is 35.6 Å². The molecular formula is C25H29NO3. The average molecular weight is 392 g/mol. The molecule has 2 aromatic carbocycles. The maximum absolute atomic E-state index is 11.2. The van der Waals surface area contributed by atoms with Crippen LogP contribution in [0.5, 0.6) is 0 Å². The molecule has 2 N–H and O–H groups in total. The van der Waals surface area contributed by atoms with Gasteiger partial charge in [0.1, 0.15) is 6.61 Å². The van der Waals surface area contributed by atoms with Crippen LogP contribution in [-0.2, 0) is 17.8 Å². The summed E-state index contributed by atoms with van der Waals surface area (Å²) in [6.45, 7) is 3.63. The molecule has 0 aromatic heterocycles. The SMILES string of the molecule is CC(O)CN(CCC1=CCc2ccccc21)Cc1ccc(/C=C/C(=O)CO)cc1. The molecule has 0 fully saturated rings. The van der Waals surface area contributed by atoms with Gasteiger partial charge in [0.15, 0.2) is 5.78 Å². The van der Waals surface area contributed by atoms with Gasteiger partial charge in [0.05, 0.1) is 6.10 Å². The molecule has 2 aromatic rings. The van der Waals surface area contributed by atoms with Gasteiger partial charge >= 0.3 is 0 Å². The molecule has 1 aliphatic rings. The molecule has 152 valence electrons. The van der Waals surface area contributed by atoms with Crippen LogP contribution in [0.2, 0.25) is 0 Å². The smallest absolute Gasteiger partial charge is 0.181 e. The van der Waals surface area contributed by atoms with Crippen molar-refractivity contribution in [3.63, 3.8) is 0 Å². The molecule has 0 saturated heterocycles. The molecule has 29 heavy (non-hydrogen) atoms. The van der Waals surface area contributed by atoms with Crippen molar-refractivity contribution in [2.45, 2.75) is 32.4 Å². The Morgan fingerprint density at radius 2 is 1.93 bits per heavy atom. The molecule has 0 spiro atoms. The van der Waals surface area contributed by atoms with E-state index in [1.54, 1.807) is 6.08 Å². The van der Waals surface area contributed by atoms with E-state index in [0.29, 0.717) is 6.54 Å². The number of aliphatic hydroxyl groups is 2. The molecule has 3 rings (SSSR count). The Morgan fingerprint density at radius 3 is 2.66 bits per heavy atom. The number of nitrogens with zero attached hydrogens (tertiary/aromatic N) is 1. The maximum atomic E-state index is 11.2. The summed E-state index contributed by atoms with van der Waals surface area (Å²) in [5, 5.41) is 18.7. The van der Waals surface area contributed by atoms with E-state index in [-0.39, 0.29) is 11.9 Å². The minimum atomic E-state index is -0.468. The van der Waals surface area contributed by atoms with Crippen LogP contribution < -0.4 is 0 Å². The molecule has 0 aliphatic heterocycles. The standard InChI is InChI=1S/C25H29NO3/c1-19(28)16-26(15-14-23-12-11-22-4-2-3-5-25(22)23)17-21-8-6-20(7-9-21)10-13-24(29)18-27/h2-10,12-13,19,27-28H,11,14-18H2,1H3/b13-10+. The highest BCUT2D eigenvalue weighted by molar-refractivity contribution is 5.94. The van der Waals surface area contributed by atoms with Gasteiger partial charge < -0.3 is 10.2 Å². The second-order valence-electron chi connectivity index (χ2n) is 7.62. The number of hydrogen-bond donors (Lipinski definition) is 2. The van der Waals surface area contributed by atoms with Crippen molar-refractivity contribution in [2.75, 3.05) is 19.7 Å². The van der Waals surface area contributed by atoms with Crippen molar-refractivity contribution in [3.8, 4) is 0 Å². The van der Waals surface area contributed by atoms with Crippen LogP contribution in [-0.4, -0.2) is 46.7 Å². The Hall–Kier alpha value is -2.53. The highest BCUT2D eigenvalue weighted by atomic mass is 16.3. The van der Waals surface area contributed by atoms with E-state index in [2.05, 4.69) is 35.2 Å². The monoisotopic (exact) mass is 391 g/mol. The molecule has 0 bridgehead atoms. The lowest BCUT2D eigenvalue weighted by atomic mass is 10.0. The third kappa shape index (κ3) is 6.23. The average Bonchev–Trinajstić information content (AvgIpc) is 3.14. The minimum Gasteiger partial charge on any atom is -0.392 e. The van der Waals surface area contributed by atoms with Gasteiger partial charge in [-0.2, -0.15) is 0 Å². The van der Waals surface area contributed by atoms with Crippen molar-refractivity contribution in [1.82, 2.24) is 4.90 Å². The van der Waals surface area contributed by atoms with Crippen molar-refractivity contribution in [3.05, 3.63) is 82.9 Å². The zero-order chi connectivity index (χ0) is 20.6. The summed E-state index contributed by atoms with van der Waals surface area (Å²) in [5.41, 5.74) is 6.23. The minimum absolute atomic E-state index is 0.306. The Bertz CT molecular complexity index is 881. The second kappa shape index (κ2) is 10.3. The number of aliphatic hydroxyl groups excluding tert-OH is 2. The summed E-state index contributed by atoms with van der Waals surface area (Å²) in [6.07, 6.45) is 7.01. The molecule has 1 unspecified atom stereocenters. The largest absolute Gasteiger partial charge is 0.392 e. The van der Waals surface area contributed by atoms with Crippen LogP contribution in [0.4, 0.5) is 0 Å². The zero-order valence-electron chi connectivity index (χ0n) is 16.9. The Balaban J connectivity index is 1.61. The van der Waals surface area contributed by atoms with E-state index < -0.39 is 6.61 Å². The van der Waals surface area contributed by atoms with Crippen LogP contribution in [0.3, 0.4) is 0 Å². The number of carbonyl (C=O) groups is 1. The van der Waals surface area contributed by atoms with Crippen LogP contribution >= 0.6 is 0 Å². The quantitative estimate of drug-likeness (QED) is 0.609. The zero-order valence-corrected chi connectivity index (χ0v) is 16.9. The van der Waals surface area contributed by atoms with Gasteiger partial charge in [-0.15, -0.1) is 0 Å². The Kier molecular flexibility index (Phi) is 7.53. The van der Waals surface area contributed by atoms with Crippen molar-refractivity contribution < 1.29 is 15.0 Å². The molecule has 0 heterocycles. The van der Waals surface area contributed by atoms with E-state index in [4.69, 9.17) is 5.11 Å². The molecule has 0 saturated carbocycles. The fourth-order valence-electron chi connectivity index (χ4n) is 3.71. The van der Waals surface area contributed by atoms with Gasteiger partial charge in [0.25, 0.3) is 0 Å². The number of carbonyl (C=O) groups excluding carboxylic acids is 1. The van der Waals surface area contributed by atoms with Crippen LogP contribution in [0, 0.1) is 0 Å². The predicted molar refractivity (Wildman–Crippen MR) is 117 cm³/mol. The summed E-state index contributed by atoms with van der Waals surface area (Å²) < 4.78 is 0. The Morgan fingerprint density at radius 1 is 1.17 bits per heavy atom. The summed E-state index contributed by atoms with van der Waals surface area (Å²) in [6, 6.07) is 16.6. The summed E-state index contributed by atoms with van der Waals surface area (Å²) in [4.78, 5) is 13.5. The van der Waals surface area contributed by atoms with Gasteiger partial charge in [0.2, 0.25) is 0 Å². The number of ketones is 1. The van der Waals surface area contributed by atoms with Crippen molar-refractivity contribution in [2.24, 2.45) is 0 Å². The normalized spacial score (nSPS) is 14.3. The second-order valence-corrected chi connectivity index (χ2v) is 7.62. The Labute approximate surface area is 172 Å². The molecule has 1 aliphatic carbocycles. The van der Waals surface area contributed by atoms with Gasteiger partial charge in [-0.1, -0.05) is 60.7 Å². The molecule has 1 atom stereocenters. The topological polar surface area (TPSA) is 60.8 Å². The van der Waals surface area contributed by atoms with Crippen molar-refractivity contribution >= 4 is 17.4 Å². The number of fused-ring (bicyclic) bond motifs is 1. The molecular weight excluding hydrogens is 362 g/mol. The molecule has 4 nitrogen and oxygen atoms in total. The summed E-state index contributed by atoms with van der Waals surface area (Å²) in [5.74, 6) is -0.306. The number of rotatable bonds is 10. The summed E-state index contributed by atoms with van der Waals surface area (Å²) >= 11 is 0. The first-order valence-electron chi connectivity index (χ1n) is 10.1. The van der Waals surface area contributed by atoms with Crippen LogP contribution in [0.25, 0.3) is 11.6 Å². The van der Waals surface area contributed by atoms with Crippen LogP contribution in [0.15, 0.2) is 60.7 Å². The van der Waals surface area contributed by atoms with E-state index in [0.717, 1.165) is 37.1 Å². The number of allylic oxidation sites excluding steroid dienone is 1. The number of benzene rings is 2. The lowest BCUT2D eigenvalue weighted by Gasteiger charge is -2.24.